The standard InChI is InChI=1S/C15H25NO4/c1-5-6-11-19-13(17)12-7-9-16(10-8-12)14(18)20-15(2,3)4/h5-6,12H,7-11H2,1-4H3/b6-5+. The van der Waals surface area contributed by atoms with Crippen molar-refractivity contribution in [2.75, 3.05) is 19.7 Å². The van der Waals surface area contributed by atoms with Gasteiger partial charge in [-0.05, 0) is 40.5 Å². The molecule has 1 aliphatic heterocycles. The van der Waals surface area contributed by atoms with E-state index >= 15 is 0 Å². The molecule has 1 fully saturated rings. The first-order valence-corrected chi connectivity index (χ1v) is 7.09. The number of likely N-dealkylation sites (tertiary alicyclic amines) is 1. The fourth-order valence-corrected chi connectivity index (χ4v) is 1.97. The monoisotopic (exact) mass is 283 g/mol. The molecular weight excluding hydrogens is 258 g/mol. The summed E-state index contributed by atoms with van der Waals surface area (Å²) in [5.41, 5.74) is -0.487. The van der Waals surface area contributed by atoms with E-state index in [9.17, 15) is 9.59 Å². The quantitative estimate of drug-likeness (QED) is 0.590. The van der Waals surface area contributed by atoms with E-state index in [1.165, 1.54) is 0 Å². The van der Waals surface area contributed by atoms with Crippen LogP contribution in [-0.2, 0) is 14.3 Å². The Hall–Kier alpha value is -1.52. The lowest BCUT2D eigenvalue weighted by atomic mass is 9.97. The maximum absolute atomic E-state index is 11.9. The molecule has 0 aliphatic carbocycles. The number of rotatable bonds is 3. The highest BCUT2D eigenvalue weighted by molar-refractivity contribution is 5.73. The molecule has 0 bridgehead atoms. The van der Waals surface area contributed by atoms with Gasteiger partial charge in [0.25, 0.3) is 0 Å². The van der Waals surface area contributed by atoms with Crippen LogP contribution in [0.25, 0.3) is 0 Å². The molecule has 114 valence electrons. The molecule has 0 aromatic carbocycles. The summed E-state index contributed by atoms with van der Waals surface area (Å²) in [5.74, 6) is -0.286. The molecule has 5 nitrogen and oxygen atoms in total. The number of hydrogen-bond donors (Lipinski definition) is 0. The number of piperidine rings is 1. The minimum atomic E-state index is -0.487. The largest absolute Gasteiger partial charge is 0.461 e. The number of carbonyl (C=O) groups excluding carboxylic acids is 2. The zero-order valence-corrected chi connectivity index (χ0v) is 12.8. The van der Waals surface area contributed by atoms with Gasteiger partial charge in [0.15, 0.2) is 0 Å². The van der Waals surface area contributed by atoms with Crippen molar-refractivity contribution in [3.8, 4) is 0 Å². The van der Waals surface area contributed by atoms with Crippen molar-refractivity contribution in [2.24, 2.45) is 5.92 Å². The molecule has 0 spiro atoms. The lowest BCUT2D eigenvalue weighted by molar-refractivity contribution is -0.148. The highest BCUT2D eigenvalue weighted by Gasteiger charge is 2.30. The minimum Gasteiger partial charge on any atom is -0.461 e. The molecule has 1 rings (SSSR count). The maximum atomic E-state index is 11.9. The van der Waals surface area contributed by atoms with Crippen LogP contribution < -0.4 is 0 Å². The molecule has 0 unspecified atom stereocenters. The second kappa shape index (κ2) is 7.31. The predicted molar refractivity (Wildman–Crippen MR) is 76.3 cm³/mol. The topological polar surface area (TPSA) is 55.8 Å². The van der Waals surface area contributed by atoms with E-state index in [2.05, 4.69) is 0 Å². The van der Waals surface area contributed by atoms with Gasteiger partial charge in [-0.2, -0.15) is 0 Å². The second-order valence-electron chi connectivity index (χ2n) is 5.94. The Morgan fingerprint density at radius 3 is 2.35 bits per heavy atom. The summed E-state index contributed by atoms with van der Waals surface area (Å²) in [6, 6.07) is 0. The molecule has 0 aromatic rings. The Labute approximate surface area is 120 Å². The molecule has 1 heterocycles. The average Bonchev–Trinajstić information content (AvgIpc) is 2.37. The van der Waals surface area contributed by atoms with E-state index in [4.69, 9.17) is 9.47 Å². The van der Waals surface area contributed by atoms with E-state index in [1.807, 2.05) is 33.8 Å². The smallest absolute Gasteiger partial charge is 0.410 e. The minimum absolute atomic E-state index is 0.112. The van der Waals surface area contributed by atoms with Gasteiger partial charge in [-0.25, -0.2) is 4.79 Å². The molecule has 0 atom stereocenters. The van der Waals surface area contributed by atoms with Crippen LogP contribution in [0.15, 0.2) is 12.2 Å². The summed E-state index contributed by atoms with van der Waals surface area (Å²) in [7, 11) is 0. The first kappa shape index (κ1) is 16.5. The van der Waals surface area contributed by atoms with Gasteiger partial charge in [0.05, 0.1) is 5.92 Å². The molecule has 0 N–H and O–H groups in total. The van der Waals surface area contributed by atoms with Gasteiger partial charge in [-0.3, -0.25) is 4.79 Å². The Bertz CT molecular complexity index is 363. The van der Waals surface area contributed by atoms with Crippen molar-refractivity contribution in [2.45, 2.75) is 46.1 Å². The summed E-state index contributed by atoms with van der Waals surface area (Å²) in [6.45, 7) is 8.81. The Balaban J connectivity index is 2.36. The van der Waals surface area contributed by atoms with Crippen molar-refractivity contribution < 1.29 is 19.1 Å². The highest BCUT2D eigenvalue weighted by atomic mass is 16.6. The maximum Gasteiger partial charge on any atom is 0.410 e. The van der Waals surface area contributed by atoms with Crippen molar-refractivity contribution in [3.05, 3.63) is 12.2 Å². The third-order valence-corrected chi connectivity index (χ3v) is 3.04. The van der Waals surface area contributed by atoms with Crippen LogP contribution in [0, 0.1) is 5.92 Å². The van der Waals surface area contributed by atoms with Gasteiger partial charge in [0, 0.05) is 13.1 Å². The lowest BCUT2D eigenvalue weighted by Crippen LogP contribution is -2.43. The number of nitrogens with zero attached hydrogens (tertiary/aromatic N) is 1. The van der Waals surface area contributed by atoms with Gasteiger partial charge in [0.1, 0.15) is 12.2 Å². The van der Waals surface area contributed by atoms with E-state index in [0.717, 1.165) is 0 Å². The normalized spacial score (nSPS) is 17.3. The third kappa shape index (κ3) is 5.63. The first-order valence-electron chi connectivity index (χ1n) is 7.09. The number of amides is 1. The van der Waals surface area contributed by atoms with Gasteiger partial charge in [-0.1, -0.05) is 12.2 Å². The molecule has 1 aliphatic rings. The number of carbonyl (C=O) groups is 2. The van der Waals surface area contributed by atoms with Crippen LogP contribution in [0.4, 0.5) is 4.79 Å². The van der Waals surface area contributed by atoms with Gasteiger partial charge >= 0.3 is 12.1 Å². The fraction of sp³-hybridized carbons (Fsp3) is 0.733. The third-order valence-electron chi connectivity index (χ3n) is 3.04. The van der Waals surface area contributed by atoms with Crippen LogP contribution in [0.3, 0.4) is 0 Å². The average molecular weight is 283 g/mol. The molecule has 20 heavy (non-hydrogen) atoms. The molecule has 0 radical (unpaired) electrons. The zero-order chi connectivity index (χ0) is 15.2. The second-order valence-corrected chi connectivity index (χ2v) is 5.94. The van der Waals surface area contributed by atoms with E-state index < -0.39 is 5.60 Å². The van der Waals surface area contributed by atoms with Crippen LogP contribution in [0.5, 0.6) is 0 Å². The van der Waals surface area contributed by atoms with Crippen LogP contribution >= 0.6 is 0 Å². The van der Waals surface area contributed by atoms with Crippen LogP contribution in [-0.4, -0.2) is 42.3 Å². The zero-order valence-electron chi connectivity index (χ0n) is 12.8. The summed E-state index contributed by atoms with van der Waals surface area (Å²) < 4.78 is 10.5. The van der Waals surface area contributed by atoms with Gasteiger partial charge in [-0.15, -0.1) is 0 Å². The van der Waals surface area contributed by atoms with Gasteiger partial charge in [0.2, 0.25) is 0 Å². The molecule has 1 amide bonds. The summed E-state index contributed by atoms with van der Waals surface area (Å²) in [5, 5.41) is 0. The SMILES string of the molecule is C/C=C/COC(=O)C1CCN(C(=O)OC(C)(C)C)CC1. The summed E-state index contributed by atoms with van der Waals surface area (Å²) in [6.07, 6.45) is 4.60. The molecule has 0 saturated carbocycles. The van der Waals surface area contributed by atoms with Gasteiger partial charge < -0.3 is 14.4 Å². The van der Waals surface area contributed by atoms with E-state index in [0.29, 0.717) is 32.5 Å². The van der Waals surface area contributed by atoms with E-state index in [-0.39, 0.29) is 18.0 Å². The van der Waals surface area contributed by atoms with Crippen molar-refractivity contribution in [1.82, 2.24) is 4.90 Å². The predicted octanol–water partition coefficient (Wildman–Crippen LogP) is 2.75. The number of hydrogen-bond acceptors (Lipinski definition) is 4. The number of ether oxygens (including phenoxy) is 2. The van der Waals surface area contributed by atoms with Crippen molar-refractivity contribution in [3.63, 3.8) is 0 Å². The van der Waals surface area contributed by atoms with Crippen molar-refractivity contribution in [1.29, 1.82) is 0 Å². The number of allylic oxidation sites excluding steroid dienone is 1. The Kier molecular flexibility index (Phi) is 6.05. The highest BCUT2D eigenvalue weighted by Crippen LogP contribution is 2.20. The summed E-state index contributed by atoms with van der Waals surface area (Å²) >= 11 is 0. The lowest BCUT2D eigenvalue weighted by Gasteiger charge is -2.32. The molecule has 1 saturated heterocycles. The number of esters is 1. The van der Waals surface area contributed by atoms with Crippen molar-refractivity contribution >= 4 is 12.1 Å². The van der Waals surface area contributed by atoms with Crippen LogP contribution in [0.2, 0.25) is 0 Å². The van der Waals surface area contributed by atoms with E-state index in [1.54, 1.807) is 11.0 Å². The Morgan fingerprint density at radius 2 is 1.85 bits per heavy atom. The molecule has 5 heteroatoms. The fourth-order valence-electron chi connectivity index (χ4n) is 1.97. The van der Waals surface area contributed by atoms with Crippen LogP contribution in [0.1, 0.15) is 40.5 Å². The first-order chi connectivity index (χ1) is 9.33. The molecular formula is C15H25NO4. The molecule has 0 aromatic heterocycles. The summed E-state index contributed by atoms with van der Waals surface area (Å²) in [4.78, 5) is 25.3. The Morgan fingerprint density at radius 1 is 1.25 bits per heavy atom.